The van der Waals surface area contributed by atoms with Gasteiger partial charge in [0, 0.05) is 18.4 Å². The minimum Gasteiger partial charge on any atom is -0.495 e. The molecule has 2 aliphatic rings. The van der Waals surface area contributed by atoms with Crippen molar-refractivity contribution in [2.75, 3.05) is 26.1 Å². The molecule has 3 rings (SSSR count). The van der Waals surface area contributed by atoms with Gasteiger partial charge in [-0.2, -0.15) is 0 Å². The van der Waals surface area contributed by atoms with Crippen LogP contribution in [-0.4, -0.2) is 32.7 Å². The van der Waals surface area contributed by atoms with Gasteiger partial charge in [-0.3, -0.25) is 0 Å². The highest BCUT2D eigenvalue weighted by molar-refractivity contribution is 5.90. The van der Waals surface area contributed by atoms with Crippen molar-refractivity contribution >= 4 is 11.7 Å². The average molecular weight is 311 g/mol. The molecule has 22 heavy (non-hydrogen) atoms. The van der Waals surface area contributed by atoms with Crippen LogP contribution in [0.1, 0.15) is 29.6 Å². The van der Waals surface area contributed by atoms with Crippen molar-refractivity contribution in [3.8, 4) is 5.75 Å². The molecule has 1 spiro atoms. The Kier molecular flexibility index (Phi) is 3.50. The zero-order valence-corrected chi connectivity index (χ0v) is 12.6. The second kappa shape index (κ2) is 5.11. The van der Waals surface area contributed by atoms with E-state index in [9.17, 15) is 13.6 Å². The third kappa shape index (κ3) is 2.40. The molecule has 0 bridgehead atoms. The number of methoxy groups -OCH3 is 2. The van der Waals surface area contributed by atoms with Gasteiger partial charge in [-0.25, -0.2) is 13.6 Å². The number of hydrogen-bond acceptors (Lipinski definition) is 4. The number of alkyl halides is 2. The molecule has 0 aromatic heterocycles. The van der Waals surface area contributed by atoms with Gasteiger partial charge in [0.1, 0.15) is 5.75 Å². The highest BCUT2D eigenvalue weighted by Crippen LogP contribution is 2.72. The predicted molar refractivity (Wildman–Crippen MR) is 77.5 cm³/mol. The lowest BCUT2D eigenvalue weighted by molar-refractivity contribution is 0.00528. The summed E-state index contributed by atoms with van der Waals surface area (Å²) < 4.78 is 36.2. The Bertz CT molecular complexity index is 597. The van der Waals surface area contributed by atoms with Crippen LogP contribution in [0.25, 0.3) is 0 Å². The van der Waals surface area contributed by atoms with Crippen LogP contribution in [0.4, 0.5) is 14.5 Å². The van der Waals surface area contributed by atoms with Gasteiger partial charge >= 0.3 is 5.97 Å². The first-order valence-corrected chi connectivity index (χ1v) is 7.29. The maximum atomic E-state index is 13.2. The summed E-state index contributed by atoms with van der Waals surface area (Å²) in [4.78, 5) is 11.5. The third-order valence-electron chi connectivity index (χ3n) is 4.77. The van der Waals surface area contributed by atoms with Gasteiger partial charge in [-0.05, 0) is 37.0 Å². The molecule has 2 aliphatic carbocycles. The van der Waals surface area contributed by atoms with Crippen molar-refractivity contribution in [1.29, 1.82) is 0 Å². The van der Waals surface area contributed by atoms with Gasteiger partial charge in [0.15, 0.2) is 0 Å². The molecule has 0 unspecified atom stereocenters. The molecular formula is C16H19F2NO3. The SMILES string of the molecule is COC(=O)c1ccc(NCC2CC3(C2)CC3(F)F)c(OC)c1. The van der Waals surface area contributed by atoms with Crippen LogP contribution in [0.2, 0.25) is 0 Å². The van der Waals surface area contributed by atoms with Crippen molar-refractivity contribution in [1.82, 2.24) is 0 Å². The summed E-state index contributed by atoms with van der Waals surface area (Å²) in [5.41, 5.74) is 0.460. The Morgan fingerprint density at radius 1 is 1.36 bits per heavy atom. The van der Waals surface area contributed by atoms with E-state index in [1.165, 1.54) is 14.2 Å². The Hall–Kier alpha value is -1.85. The van der Waals surface area contributed by atoms with Crippen molar-refractivity contribution in [2.45, 2.75) is 25.2 Å². The number of nitrogens with one attached hydrogen (secondary N) is 1. The first kappa shape index (κ1) is 15.1. The highest BCUT2D eigenvalue weighted by atomic mass is 19.3. The zero-order valence-electron chi connectivity index (χ0n) is 12.6. The molecule has 2 fully saturated rings. The van der Waals surface area contributed by atoms with E-state index in [-0.39, 0.29) is 12.3 Å². The minimum atomic E-state index is -2.44. The summed E-state index contributed by atoms with van der Waals surface area (Å²) in [7, 11) is 2.84. The first-order valence-electron chi connectivity index (χ1n) is 7.29. The minimum absolute atomic E-state index is 0.0493. The molecule has 0 aliphatic heterocycles. The summed E-state index contributed by atoms with van der Waals surface area (Å²) in [5, 5.41) is 3.22. The van der Waals surface area contributed by atoms with Gasteiger partial charge in [0.05, 0.1) is 25.5 Å². The van der Waals surface area contributed by atoms with Crippen LogP contribution in [0, 0.1) is 11.3 Å². The standard InChI is InChI=1S/C16H19F2NO3/c1-21-13-5-11(14(20)22-2)3-4-12(13)19-8-10-6-15(7-10)9-16(15,17)18/h3-5,10,19H,6-9H2,1-2H3. The molecule has 4 nitrogen and oxygen atoms in total. The van der Waals surface area contributed by atoms with E-state index in [0.717, 1.165) is 5.69 Å². The number of hydrogen-bond donors (Lipinski definition) is 1. The van der Waals surface area contributed by atoms with E-state index in [1.54, 1.807) is 18.2 Å². The normalized spacial score (nSPS) is 27.9. The van der Waals surface area contributed by atoms with Crippen molar-refractivity contribution < 1.29 is 23.0 Å². The van der Waals surface area contributed by atoms with Crippen LogP contribution >= 0.6 is 0 Å². The van der Waals surface area contributed by atoms with Crippen LogP contribution in [0.15, 0.2) is 18.2 Å². The quantitative estimate of drug-likeness (QED) is 0.847. The first-order chi connectivity index (χ1) is 10.4. The Morgan fingerprint density at radius 3 is 2.59 bits per heavy atom. The fourth-order valence-corrected chi connectivity index (χ4v) is 3.35. The largest absolute Gasteiger partial charge is 0.495 e. The number of carbonyl (C=O) groups excluding carboxylic acids is 1. The maximum Gasteiger partial charge on any atom is 0.337 e. The molecule has 1 aromatic carbocycles. The Labute approximate surface area is 127 Å². The summed E-state index contributed by atoms with van der Waals surface area (Å²) in [5.74, 6) is -2.07. The molecule has 0 amide bonds. The smallest absolute Gasteiger partial charge is 0.337 e. The molecule has 120 valence electrons. The van der Waals surface area contributed by atoms with Gasteiger partial charge in [-0.1, -0.05) is 0 Å². The van der Waals surface area contributed by atoms with Crippen LogP contribution < -0.4 is 10.1 Å². The number of esters is 1. The van der Waals surface area contributed by atoms with Crippen LogP contribution in [0.5, 0.6) is 5.75 Å². The van der Waals surface area contributed by atoms with E-state index < -0.39 is 17.3 Å². The number of ether oxygens (including phenoxy) is 2. The third-order valence-corrected chi connectivity index (χ3v) is 4.77. The second-order valence-electron chi connectivity index (χ2n) is 6.22. The molecule has 2 saturated carbocycles. The van der Waals surface area contributed by atoms with E-state index in [2.05, 4.69) is 10.1 Å². The summed E-state index contributed by atoms with van der Waals surface area (Å²) in [6.07, 6.45) is 1.21. The van der Waals surface area contributed by atoms with Crippen molar-refractivity contribution in [2.24, 2.45) is 11.3 Å². The lowest BCUT2D eigenvalue weighted by atomic mass is 9.71. The lowest BCUT2D eigenvalue weighted by Crippen LogP contribution is -2.34. The van der Waals surface area contributed by atoms with E-state index >= 15 is 0 Å². The van der Waals surface area contributed by atoms with Crippen LogP contribution in [0.3, 0.4) is 0 Å². The van der Waals surface area contributed by atoms with Gasteiger partial charge in [0.2, 0.25) is 0 Å². The number of benzene rings is 1. The molecular weight excluding hydrogens is 292 g/mol. The molecule has 0 saturated heterocycles. The molecule has 0 heterocycles. The number of carbonyl (C=O) groups is 1. The van der Waals surface area contributed by atoms with Gasteiger partial charge < -0.3 is 14.8 Å². The van der Waals surface area contributed by atoms with Crippen LogP contribution in [-0.2, 0) is 4.74 Å². The zero-order chi connectivity index (χ0) is 16.0. The number of rotatable bonds is 5. The molecule has 1 N–H and O–H groups in total. The van der Waals surface area contributed by atoms with Crippen molar-refractivity contribution in [3.05, 3.63) is 23.8 Å². The van der Waals surface area contributed by atoms with Crippen molar-refractivity contribution in [3.63, 3.8) is 0 Å². The summed E-state index contributed by atoms with van der Waals surface area (Å²) in [6, 6.07) is 4.99. The fraction of sp³-hybridized carbons (Fsp3) is 0.562. The molecule has 6 heteroatoms. The van der Waals surface area contributed by atoms with E-state index in [4.69, 9.17) is 4.74 Å². The monoisotopic (exact) mass is 311 g/mol. The number of anilines is 1. The Balaban J connectivity index is 1.58. The topological polar surface area (TPSA) is 47.6 Å². The fourth-order valence-electron chi connectivity index (χ4n) is 3.35. The molecule has 1 aromatic rings. The lowest BCUT2D eigenvalue weighted by Gasteiger charge is -2.36. The Morgan fingerprint density at radius 2 is 2.05 bits per heavy atom. The summed E-state index contributed by atoms with van der Waals surface area (Å²) >= 11 is 0. The highest BCUT2D eigenvalue weighted by Gasteiger charge is 2.75. The van der Waals surface area contributed by atoms with Gasteiger partial charge in [0.25, 0.3) is 5.92 Å². The molecule has 0 atom stereocenters. The van der Waals surface area contributed by atoms with E-state index in [1.807, 2.05) is 0 Å². The maximum absolute atomic E-state index is 13.2. The second-order valence-corrected chi connectivity index (χ2v) is 6.22. The average Bonchev–Trinajstić information content (AvgIpc) is 3.05. The van der Waals surface area contributed by atoms with Gasteiger partial charge in [-0.15, -0.1) is 0 Å². The molecule has 0 radical (unpaired) electrons. The van der Waals surface area contributed by atoms with E-state index in [0.29, 0.717) is 30.7 Å². The summed E-state index contributed by atoms with van der Waals surface area (Å²) in [6.45, 7) is 0.631. The number of halogens is 2. The predicted octanol–water partition coefficient (Wildman–Crippen LogP) is 3.33.